The molecule has 0 fully saturated rings. The second-order valence-electron chi connectivity index (χ2n) is 3.66. The molecule has 17 heavy (non-hydrogen) atoms. The van der Waals surface area contributed by atoms with Gasteiger partial charge in [0.05, 0.1) is 11.2 Å². The van der Waals surface area contributed by atoms with Crippen LogP contribution in [0.5, 0.6) is 0 Å². The molecule has 0 N–H and O–H groups in total. The zero-order valence-electron chi connectivity index (χ0n) is 9.57. The number of alkyl halides is 1. The lowest BCUT2D eigenvalue weighted by molar-refractivity contribution is 0.384. The Kier molecular flexibility index (Phi) is 3.24. The molecular formula is C15H14FN. The maximum Gasteiger partial charge on any atom is 0.166 e. The lowest BCUT2D eigenvalue weighted by Gasteiger charge is -2.01. The summed E-state index contributed by atoms with van der Waals surface area (Å²) in [7, 11) is 0. The minimum absolute atomic E-state index is 0.552. The molecule has 0 saturated heterocycles. The van der Waals surface area contributed by atoms with E-state index in [1.165, 1.54) is 0 Å². The first-order valence-electron chi connectivity index (χ1n) is 5.42. The third-order valence-electron chi connectivity index (χ3n) is 2.76. The fourth-order valence-electron chi connectivity index (χ4n) is 2.04. The third-order valence-corrected chi connectivity index (χ3v) is 2.76. The number of hydrogen-bond donors (Lipinski definition) is 0. The Labute approximate surface area is 100 Å². The van der Waals surface area contributed by atoms with Crippen molar-refractivity contribution < 1.29 is 4.39 Å². The average molecular weight is 227 g/mol. The molecule has 0 unspecified atom stereocenters. The van der Waals surface area contributed by atoms with E-state index in [4.69, 9.17) is 0 Å². The standard InChI is InChI=1S/C15H14FN/c1-3-5-8-12-13-9-6-7-10-15(13)17(11-16)14(12)4-2/h3-10H,1-2,11H2/b8-5-. The smallest absolute Gasteiger partial charge is 0.166 e. The van der Waals surface area contributed by atoms with Crippen LogP contribution in [0.1, 0.15) is 11.3 Å². The highest BCUT2D eigenvalue weighted by Crippen LogP contribution is 2.28. The number of para-hydroxylation sites is 1. The van der Waals surface area contributed by atoms with E-state index in [0.717, 1.165) is 22.2 Å². The molecule has 0 atom stereocenters. The second kappa shape index (κ2) is 4.83. The molecule has 2 rings (SSSR count). The van der Waals surface area contributed by atoms with Crippen molar-refractivity contribution in [3.05, 3.63) is 60.8 Å². The molecule has 0 aliphatic carbocycles. The molecule has 86 valence electrons. The summed E-state index contributed by atoms with van der Waals surface area (Å²) in [5, 5.41) is 1.03. The molecule has 0 aliphatic rings. The van der Waals surface area contributed by atoms with Gasteiger partial charge in [0.2, 0.25) is 0 Å². The minimum Gasteiger partial charge on any atom is -0.312 e. The highest BCUT2D eigenvalue weighted by atomic mass is 19.1. The van der Waals surface area contributed by atoms with Crippen LogP contribution in [0.2, 0.25) is 0 Å². The van der Waals surface area contributed by atoms with E-state index in [0.29, 0.717) is 0 Å². The Hall–Kier alpha value is -2.09. The molecule has 1 aromatic heterocycles. The van der Waals surface area contributed by atoms with Gasteiger partial charge in [0.25, 0.3) is 0 Å². The molecule has 2 heteroatoms. The molecule has 0 bridgehead atoms. The lowest BCUT2D eigenvalue weighted by atomic mass is 10.1. The van der Waals surface area contributed by atoms with Gasteiger partial charge < -0.3 is 4.57 Å². The van der Waals surface area contributed by atoms with Crippen molar-refractivity contribution in [2.45, 2.75) is 6.80 Å². The Morgan fingerprint density at radius 1 is 1.24 bits per heavy atom. The van der Waals surface area contributed by atoms with Crippen LogP contribution in [0.3, 0.4) is 0 Å². The van der Waals surface area contributed by atoms with Gasteiger partial charge in [0.1, 0.15) is 0 Å². The minimum atomic E-state index is -0.552. The van der Waals surface area contributed by atoms with E-state index in [2.05, 4.69) is 13.2 Å². The highest BCUT2D eigenvalue weighted by molar-refractivity contribution is 5.94. The zero-order valence-corrected chi connectivity index (χ0v) is 9.57. The van der Waals surface area contributed by atoms with Gasteiger partial charge in [-0.3, -0.25) is 0 Å². The van der Waals surface area contributed by atoms with Crippen LogP contribution in [0.4, 0.5) is 4.39 Å². The molecule has 1 nitrogen and oxygen atoms in total. The molecule has 0 aliphatic heterocycles. The Bertz CT molecular complexity index is 590. The molecule has 0 saturated carbocycles. The first-order valence-corrected chi connectivity index (χ1v) is 5.42. The fourth-order valence-corrected chi connectivity index (χ4v) is 2.04. The number of benzene rings is 1. The molecule has 0 radical (unpaired) electrons. The Balaban J connectivity index is 2.83. The van der Waals surface area contributed by atoms with Crippen molar-refractivity contribution in [3.63, 3.8) is 0 Å². The molecule has 1 heterocycles. The summed E-state index contributed by atoms with van der Waals surface area (Å²) in [5.41, 5.74) is 2.66. The molecular weight excluding hydrogens is 213 g/mol. The maximum atomic E-state index is 13.1. The molecule has 0 spiro atoms. The monoisotopic (exact) mass is 227 g/mol. The Morgan fingerprint density at radius 2 is 2.00 bits per heavy atom. The van der Waals surface area contributed by atoms with E-state index >= 15 is 0 Å². The second-order valence-corrected chi connectivity index (χ2v) is 3.66. The fraction of sp³-hybridized carbons (Fsp3) is 0.0667. The third kappa shape index (κ3) is 1.82. The predicted octanol–water partition coefficient (Wildman–Crippen LogP) is 4.41. The van der Waals surface area contributed by atoms with Crippen molar-refractivity contribution in [3.8, 4) is 0 Å². The lowest BCUT2D eigenvalue weighted by Crippen LogP contribution is -1.95. The number of allylic oxidation sites excluding steroid dienone is 2. The molecule has 2 aromatic rings. The van der Waals surface area contributed by atoms with Gasteiger partial charge >= 0.3 is 0 Å². The average Bonchev–Trinajstić information content (AvgIpc) is 2.69. The van der Waals surface area contributed by atoms with Crippen LogP contribution in [-0.2, 0) is 6.80 Å². The number of hydrogen-bond acceptors (Lipinski definition) is 0. The van der Waals surface area contributed by atoms with Gasteiger partial charge in [-0.1, -0.05) is 49.6 Å². The van der Waals surface area contributed by atoms with E-state index in [1.54, 1.807) is 16.7 Å². The zero-order chi connectivity index (χ0) is 12.3. The summed E-state index contributed by atoms with van der Waals surface area (Å²) < 4.78 is 14.7. The Morgan fingerprint density at radius 3 is 2.65 bits per heavy atom. The van der Waals surface area contributed by atoms with E-state index in [9.17, 15) is 4.39 Å². The first-order chi connectivity index (χ1) is 8.33. The summed E-state index contributed by atoms with van der Waals surface area (Å²) in [4.78, 5) is 0. The summed E-state index contributed by atoms with van der Waals surface area (Å²) in [6.07, 6.45) is 7.16. The topological polar surface area (TPSA) is 4.93 Å². The van der Waals surface area contributed by atoms with Crippen LogP contribution < -0.4 is 0 Å². The number of aromatic nitrogens is 1. The van der Waals surface area contributed by atoms with Crippen molar-refractivity contribution in [1.82, 2.24) is 4.57 Å². The van der Waals surface area contributed by atoms with Crippen molar-refractivity contribution >= 4 is 23.1 Å². The van der Waals surface area contributed by atoms with Gasteiger partial charge in [0, 0.05) is 10.9 Å². The van der Waals surface area contributed by atoms with Crippen molar-refractivity contribution in [1.29, 1.82) is 0 Å². The van der Waals surface area contributed by atoms with Gasteiger partial charge in [-0.05, 0) is 12.1 Å². The SMILES string of the molecule is C=C/C=C\c1c(C=C)n(CF)c2ccccc12. The van der Waals surface area contributed by atoms with Crippen molar-refractivity contribution in [2.75, 3.05) is 0 Å². The van der Waals surface area contributed by atoms with Gasteiger partial charge in [-0.15, -0.1) is 0 Å². The molecule has 1 aromatic carbocycles. The molecule has 0 amide bonds. The predicted molar refractivity (Wildman–Crippen MR) is 72.4 cm³/mol. The maximum absolute atomic E-state index is 13.1. The number of fused-ring (bicyclic) bond motifs is 1. The van der Waals surface area contributed by atoms with Crippen molar-refractivity contribution in [2.24, 2.45) is 0 Å². The number of halogens is 1. The van der Waals surface area contributed by atoms with Crippen LogP contribution >= 0.6 is 0 Å². The first kappa shape index (κ1) is 11.4. The highest BCUT2D eigenvalue weighted by Gasteiger charge is 2.11. The number of nitrogens with zero attached hydrogens (tertiary/aromatic N) is 1. The van der Waals surface area contributed by atoms with Gasteiger partial charge in [-0.25, -0.2) is 4.39 Å². The summed E-state index contributed by atoms with van der Waals surface area (Å²) in [6.45, 7) is 6.85. The van der Waals surface area contributed by atoms with Crippen LogP contribution in [0.15, 0.2) is 49.6 Å². The largest absolute Gasteiger partial charge is 0.312 e. The number of rotatable bonds is 4. The van der Waals surface area contributed by atoms with Crippen LogP contribution in [-0.4, -0.2) is 4.57 Å². The quantitative estimate of drug-likeness (QED) is 0.682. The van der Waals surface area contributed by atoms with E-state index in [-0.39, 0.29) is 0 Å². The van der Waals surface area contributed by atoms with Gasteiger partial charge in [0.15, 0.2) is 6.80 Å². The normalized spacial score (nSPS) is 11.1. The summed E-state index contributed by atoms with van der Waals surface area (Å²) >= 11 is 0. The summed E-state index contributed by atoms with van der Waals surface area (Å²) in [6, 6.07) is 7.75. The van der Waals surface area contributed by atoms with E-state index in [1.807, 2.05) is 36.4 Å². The summed E-state index contributed by atoms with van der Waals surface area (Å²) in [5.74, 6) is 0. The van der Waals surface area contributed by atoms with E-state index < -0.39 is 6.80 Å². The van der Waals surface area contributed by atoms with Crippen LogP contribution in [0.25, 0.3) is 23.1 Å². The van der Waals surface area contributed by atoms with Gasteiger partial charge in [-0.2, -0.15) is 0 Å². The van der Waals surface area contributed by atoms with Crippen LogP contribution in [0, 0.1) is 0 Å².